The van der Waals surface area contributed by atoms with Gasteiger partial charge in [0.2, 0.25) is 5.91 Å². The zero-order valence-electron chi connectivity index (χ0n) is 15.7. The maximum atomic E-state index is 12.4. The van der Waals surface area contributed by atoms with Gasteiger partial charge in [-0.15, -0.1) is 11.3 Å². The molecule has 1 aliphatic rings. The van der Waals surface area contributed by atoms with Crippen LogP contribution in [0.2, 0.25) is 0 Å². The number of aromatic nitrogens is 2. The molecule has 3 aromatic rings. The van der Waals surface area contributed by atoms with E-state index in [1.807, 2.05) is 0 Å². The van der Waals surface area contributed by atoms with E-state index in [0.717, 1.165) is 40.3 Å². The average molecular weight is 398 g/mol. The van der Waals surface area contributed by atoms with Gasteiger partial charge in [0.25, 0.3) is 0 Å². The van der Waals surface area contributed by atoms with E-state index in [0.29, 0.717) is 5.75 Å². The molecule has 1 aliphatic carbocycles. The van der Waals surface area contributed by atoms with Crippen molar-refractivity contribution in [2.24, 2.45) is 0 Å². The molecule has 0 radical (unpaired) electrons. The second-order valence-corrected chi connectivity index (χ2v) is 8.98. The van der Waals surface area contributed by atoms with Crippen molar-refractivity contribution in [3.05, 3.63) is 46.0 Å². The molecule has 0 unspecified atom stereocenters. The second kappa shape index (κ2) is 7.98. The molecule has 0 fully saturated rings. The van der Waals surface area contributed by atoms with Crippen LogP contribution in [0.4, 0.5) is 5.13 Å². The highest BCUT2D eigenvalue weighted by Gasteiger charge is 2.17. The van der Waals surface area contributed by atoms with Gasteiger partial charge in [0.15, 0.2) is 5.13 Å². The van der Waals surface area contributed by atoms with Gasteiger partial charge < -0.3 is 5.32 Å². The maximum Gasteiger partial charge on any atom is 0.236 e. The first-order valence-corrected chi connectivity index (χ1v) is 11.2. The zero-order chi connectivity index (χ0) is 18.8. The third-order valence-electron chi connectivity index (χ3n) is 4.83. The Hall–Kier alpha value is -1.92. The Kier molecular flexibility index (Phi) is 5.45. The van der Waals surface area contributed by atoms with Gasteiger partial charge in [-0.1, -0.05) is 30.8 Å². The SMILES string of the molecule is CCc1cc2ccc(C)cc2nc1SCC(=O)Nc1nc2c(s1)CCCC2. The third kappa shape index (κ3) is 4.17. The van der Waals surface area contributed by atoms with E-state index in [1.165, 1.54) is 46.3 Å². The lowest BCUT2D eigenvalue weighted by Crippen LogP contribution is -2.14. The van der Waals surface area contributed by atoms with Gasteiger partial charge in [0.1, 0.15) is 5.03 Å². The molecule has 27 heavy (non-hydrogen) atoms. The number of rotatable bonds is 5. The minimum atomic E-state index is -0.0145. The van der Waals surface area contributed by atoms with Gasteiger partial charge >= 0.3 is 0 Å². The Labute approximate surface area is 167 Å². The lowest BCUT2D eigenvalue weighted by atomic mass is 10.0. The number of hydrogen-bond acceptors (Lipinski definition) is 5. The number of hydrogen-bond donors (Lipinski definition) is 1. The van der Waals surface area contributed by atoms with Crippen LogP contribution in [0.25, 0.3) is 10.9 Å². The largest absolute Gasteiger partial charge is 0.301 e. The summed E-state index contributed by atoms with van der Waals surface area (Å²) in [5.74, 6) is 0.334. The molecule has 0 bridgehead atoms. The molecule has 0 aliphatic heterocycles. The monoisotopic (exact) mass is 397 g/mol. The second-order valence-electron chi connectivity index (χ2n) is 6.94. The molecule has 6 heteroatoms. The summed E-state index contributed by atoms with van der Waals surface area (Å²) in [5.41, 5.74) is 4.55. The molecule has 2 aromatic heterocycles. The van der Waals surface area contributed by atoms with Crippen LogP contribution >= 0.6 is 23.1 Å². The summed E-state index contributed by atoms with van der Waals surface area (Å²) < 4.78 is 0. The molecule has 0 spiro atoms. The number of thiazole rings is 1. The summed E-state index contributed by atoms with van der Waals surface area (Å²) >= 11 is 3.14. The number of carbonyl (C=O) groups excluding carboxylic acids is 1. The normalized spacial score (nSPS) is 13.6. The van der Waals surface area contributed by atoms with Gasteiger partial charge in [0, 0.05) is 10.3 Å². The topological polar surface area (TPSA) is 54.9 Å². The number of fused-ring (bicyclic) bond motifs is 2. The summed E-state index contributed by atoms with van der Waals surface area (Å²) in [6, 6.07) is 8.51. The number of benzene rings is 1. The van der Waals surface area contributed by atoms with Gasteiger partial charge in [0.05, 0.1) is 17.0 Å². The summed E-state index contributed by atoms with van der Waals surface area (Å²) in [7, 11) is 0. The first kappa shape index (κ1) is 18.4. The minimum absolute atomic E-state index is 0.0145. The molecule has 140 valence electrons. The summed E-state index contributed by atoms with van der Waals surface area (Å²) in [5, 5.41) is 5.81. The van der Waals surface area contributed by atoms with Crippen LogP contribution < -0.4 is 5.32 Å². The molecular formula is C21H23N3OS2. The number of thioether (sulfide) groups is 1. The predicted molar refractivity (Wildman–Crippen MR) is 114 cm³/mol. The quantitative estimate of drug-likeness (QED) is 0.603. The Morgan fingerprint density at radius 1 is 1.22 bits per heavy atom. The fourth-order valence-corrected chi connectivity index (χ4v) is 5.33. The van der Waals surface area contributed by atoms with E-state index in [-0.39, 0.29) is 5.91 Å². The highest BCUT2D eigenvalue weighted by atomic mass is 32.2. The van der Waals surface area contributed by atoms with Gasteiger partial charge in [-0.25, -0.2) is 9.97 Å². The number of amides is 1. The van der Waals surface area contributed by atoms with Crippen LogP contribution in [0, 0.1) is 6.92 Å². The molecule has 0 atom stereocenters. The highest BCUT2D eigenvalue weighted by molar-refractivity contribution is 8.00. The summed E-state index contributed by atoms with van der Waals surface area (Å²) in [4.78, 5) is 23.2. The Bertz CT molecular complexity index is 973. The van der Waals surface area contributed by atoms with E-state index in [1.54, 1.807) is 11.3 Å². The van der Waals surface area contributed by atoms with Crippen molar-refractivity contribution < 1.29 is 4.79 Å². The van der Waals surface area contributed by atoms with Crippen LogP contribution in [-0.4, -0.2) is 21.6 Å². The van der Waals surface area contributed by atoms with Crippen molar-refractivity contribution in [3.8, 4) is 0 Å². The molecule has 4 rings (SSSR count). The standard InChI is InChI=1S/C21H23N3OS2/c1-3-14-11-15-9-8-13(2)10-17(15)22-20(14)26-12-19(25)24-21-23-16-6-4-5-7-18(16)27-21/h8-11H,3-7,12H2,1-2H3,(H,23,24,25). The highest BCUT2D eigenvalue weighted by Crippen LogP contribution is 2.30. The average Bonchev–Trinajstić information content (AvgIpc) is 3.07. The number of pyridine rings is 1. The number of nitrogens with zero attached hydrogens (tertiary/aromatic N) is 2. The van der Waals surface area contributed by atoms with E-state index in [4.69, 9.17) is 4.98 Å². The van der Waals surface area contributed by atoms with Crippen molar-refractivity contribution in [1.82, 2.24) is 9.97 Å². The first-order chi connectivity index (χ1) is 13.1. The van der Waals surface area contributed by atoms with Gasteiger partial charge in [-0.3, -0.25) is 4.79 Å². The van der Waals surface area contributed by atoms with E-state index in [2.05, 4.69) is 48.4 Å². The van der Waals surface area contributed by atoms with Crippen molar-refractivity contribution in [1.29, 1.82) is 0 Å². The lowest BCUT2D eigenvalue weighted by Gasteiger charge is -2.09. The van der Waals surface area contributed by atoms with Crippen LogP contribution in [0.3, 0.4) is 0 Å². The van der Waals surface area contributed by atoms with Gasteiger partial charge in [-0.05, 0) is 62.3 Å². The predicted octanol–water partition coefficient (Wildman–Crippen LogP) is 5.17. The molecule has 1 amide bonds. The number of carbonyl (C=O) groups is 1. The fourth-order valence-electron chi connectivity index (χ4n) is 3.38. The molecule has 0 saturated carbocycles. The molecule has 1 N–H and O–H groups in total. The number of anilines is 1. The molecule has 2 heterocycles. The maximum absolute atomic E-state index is 12.4. The van der Waals surface area contributed by atoms with E-state index < -0.39 is 0 Å². The molecule has 0 saturated heterocycles. The number of aryl methyl sites for hydroxylation is 4. The van der Waals surface area contributed by atoms with Gasteiger partial charge in [-0.2, -0.15) is 0 Å². The summed E-state index contributed by atoms with van der Waals surface area (Å²) in [6.07, 6.45) is 5.47. The fraction of sp³-hybridized carbons (Fsp3) is 0.381. The van der Waals surface area contributed by atoms with Crippen molar-refractivity contribution in [2.75, 3.05) is 11.1 Å². The zero-order valence-corrected chi connectivity index (χ0v) is 17.3. The molecular weight excluding hydrogens is 374 g/mol. The molecule has 4 nitrogen and oxygen atoms in total. The Morgan fingerprint density at radius 2 is 2.07 bits per heavy atom. The van der Waals surface area contributed by atoms with Crippen LogP contribution in [0.15, 0.2) is 29.3 Å². The first-order valence-electron chi connectivity index (χ1n) is 9.44. The lowest BCUT2D eigenvalue weighted by molar-refractivity contribution is -0.113. The van der Waals surface area contributed by atoms with Crippen molar-refractivity contribution in [3.63, 3.8) is 0 Å². The van der Waals surface area contributed by atoms with Crippen LogP contribution in [0.5, 0.6) is 0 Å². The molecule has 1 aromatic carbocycles. The van der Waals surface area contributed by atoms with Crippen molar-refractivity contribution in [2.45, 2.75) is 51.0 Å². The van der Waals surface area contributed by atoms with Crippen LogP contribution in [0.1, 0.15) is 41.5 Å². The smallest absolute Gasteiger partial charge is 0.236 e. The van der Waals surface area contributed by atoms with Crippen LogP contribution in [-0.2, 0) is 24.1 Å². The van der Waals surface area contributed by atoms with E-state index >= 15 is 0 Å². The van der Waals surface area contributed by atoms with Crippen molar-refractivity contribution >= 4 is 45.0 Å². The van der Waals surface area contributed by atoms with E-state index in [9.17, 15) is 4.79 Å². The summed E-state index contributed by atoms with van der Waals surface area (Å²) in [6.45, 7) is 4.20. The Morgan fingerprint density at radius 3 is 2.89 bits per heavy atom. The third-order valence-corrected chi connectivity index (χ3v) is 6.93. The Balaban J connectivity index is 1.45. The minimum Gasteiger partial charge on any atom is -0.301 e. The number of nitrogens with one attached hydrogen (secondary N) is 1.